The maximum atomic E-state index is 5.50. The Morgan fingerprint density at radius 2 is 0.797 bits per heavy atom. The van der Waals surface area contributed by atoms with Crippen LogP contribution in [0.25, 0.3) is 130 Å². The zero-order chi connectivity index (χ0) is 41.9. The van der Waals surface area contributed by atoms with Crippen molar-refractivity contribution in [2.24, 2.45) is 0 Å². The number of fused-ring (bicyclic) bond motifs is 14. The fourth-order valence-electron chi connectivity index (χ4n) is 9.80. The van der Waals surface area contributed by atoms with Gasteiger partial charge in [-0.15, -0.1) is 22.7 Å². The third-order valence-corrected chi connectivity index (χ3v) is 15.0. The summed E-state index contributed by atoms with van der Waals surface area (Å²) in [6, 6.07) is 66.6. The summed E-state index contributed by atoms with van der Waals surface area (Å²) in [7, 11) is 0. The van der Waals surface area contributed by atoms with Crippen molar-refractivity contribution in [1.82, 2.24) is 29.1 Å². The Kier molecular flexibility index (Phi) is 7.63. The molecule has 8 heteroatoms. The standard InChI is InChI=1S/C56H32N6S2/c1-3-15-33(16-4-1)54-58-55(34-17-5-2-6-18-34)60-56(59-54)43-31-49(62-45-24-12-8-20-36(45)40-28-30-42-38-22-10-14-26-48(38)64-53(42)51(40)62)57-32-46(43)61-44-23-11-7-19-35(44)39-27-29-41-37-21-9-13-25-47(37)63-52(41)50(39)61/h1-32H. The quantitative estimate of drug-likeness (QED) is 0.173. The van der Waals surface area contributed by atoms with Crippen LogP contribution in [0.15, 0.2) is 194 Å². The van der Waals surface area contributed by atoms with Gasteiger partial charge in [0.1, 0.15) is 5.82 Å². The second-order valence-electron chi connectivity index (χ2n) is 16.2. The van der Waals surface area contributed by atoms with E-state index < -0.39 is 0 Å². The first kappa shape index (κ1) is 35.5. The van der Waals surface area contributed by atoms with Gasteiger partial charge >= 0.3 is 0 Å². The van der Waals surface area contributed by atoms with Crippen LogP contribution in [0.4, 0.5) is 0 Å². The predicted molar refractivity (Wildman–Crippen MR) is 268 cm³/mol. The van der Waals surface area contributed by atoms with E-state index in [2.05, 4.69) is 161 Å². The van der Waals surface area contributed by atoms with Gasteiger partial charge in [0.2, 0.25) is 0 Å². The summed E-state index contributed by atoms with van der Waals surface area (Å²) in [5, 5.41) is 9.72. The fourth-order valence-corrected chi connectivity index (χ4v) is 12.3. The van der Waals surface area contributed by atoms with Crippen LogP contribution >= 0.6 is 22.7 Å². The van der Waals surface area contributed by atoms with Crippen molar-refractivity contribution in [3.8, 4) is 45.7 Å². The van der Waals surface area contributed by atoms with Crippen LogP contribution in [-0.4, -0.2) is 29.1 Å². The van der Waals surface area contributed by atoms with Crippen molar-refractivity contribution in [2.75, 3.05) is 0 Å². The number of thiophene rings is 2. The normalized spacial score (nSPS) is 12.1. The highest BCUT2D eigenvalue weighted by molar-refractivity contribution is 7.27. The van der Waals surface area contributed by atoms with Gasteiger partial charge in [-0.05, 0) is 30.3 Å². The number of hydrogen-bond donors (Lipinski definition) is 0. The molecule has 298 valence electrons. The van der Waals surface area contributed by atoms with Gasteiger partial charge in [0.15, 0.2) is 17.5 Å². The first-order valence-electron chi connectivity index (χ1n) is 21.3. The average molecular weight is 853 g/mol. The lowest BCUT2D eigenvalue weighted by molar-refractivity contribution is 1.03. The SMILES string of the molecule is c1ccc(-c2nc(-c3ccccc3)nc(-c3cc(-n4c5ccccc5c5ccc6c7ccccc7sc6c54)ncc3-n3c4ccccc4c4ccc5c6ccccc6sc5c43)n2)cc1. The highest BCUT2D eigenvalue weighted by Gasteiger charge is 2.25. The van der Waals surface area contributed by atoms with E-state index >= 15 is 0 Å². The van der Waals surface area contributed by atoms with Gasteiger partial charge in [-0.3, -0.25) is 4.57 Å². The predicted octanol–water partition coefficient (Wildman–Crippen LogP) is 15.2. The third kappa shape index (κ3) is 5.18. The van der Waals surface area contributed by atoms with Crippen molar-refractivity contribution in [1.29, 1.82) is 0 Å². The van der Waals surface area contributed by atoms with Crippen LogP contribution < -0.4 is 0 Å². The second kappa shape index (κ2) is 13.7. The Morgan fingerprint density at radius 3 is 1.36 bits per heavy atom. The summed E-state index contributed by atoms with van der Waals surface area (Å²) in [5.41, 5.74) is 8.01. The molecule has 14 rings (SSSR count). The molecule has 0 radical (unpaired) electrons. The monoisotopic (exact) mass is 852 g/mol. The first-order chi connectivity index (χ1) is 31.7. The van der Waals surface area contributed by atoms with Gasteiger partial charge in [-0.25, -0.2) is 19.9 Å². The first-order valence-corrected chi connectivity index (χ1v) is 22.9. The minimum atomic E-state index is 0.563. The summed E-state index contributed by atoms with van der Waals surface area (Å²) in [4.78, 5) is 21.4. The molecule has 0 aliphatic carbocycles. The van der Waals surface area contributed by atoms with Gasteiger partial charge in [0.25, 0.3) is 0 Å². The number of hydrogen-bond acceptors (Lipinski definition) is 6. The number of aromatic nitrogens is 6. The molecule has 0 saturated heterocycles. The van der Waals surface area contributed by atoms with Gasteiger partial charge in [0, 0.05) is 69.2 Å². The molecule has 6 nitrogen and oxygen atoms in total. The van der Waals surface area contributed by atoms with E-state index in [9.17, 15) is 0 Å². The molecule has 6 aromatic heterocycles. The fraction of sp³-hybridized carbons (Fsp3) is 0. The summed E-state index contributed by atoms with van der Waals surface area (Å²) in [5.74, 6) is 2.55. The highest BCUT2D eigenvalue weighted by Crippen LogP contribution is 2.46. The Balaban J connectivity index is 1.14. The molecule has 0 N–H and O–H groups in total. The molecule has 0 aliphatic rings. The van der Waals surface area contributed by atoms with Crippen molar-refractivity contribution < 1.29 is 0 Å². The maximum absolute atomic E-state index is 5.50. The number of benzene rings is 8. The number of pyridine rings is 1. The Hall–Kier alpha value is -8.04. The van der Waals surface area contributed by atoms with E-state index in [1.165, 1.54) is 61.9 Å². The van der Waals surface area contributed by atoms with Gasteiger partial charge in [-0.1, -0.05) is 158 Å². The van der Waals surface area contributed by atoms with Crippen molar-refractivity contribution in [3.05, 3.63) is 194 Å². The molecule has 0 spiro atoms. The van der Waals surface area contributed by atoms with E-state index in [1.54, 1.807) is 0 Å². The van der Waals surface area contributed by atoms with Gasteiger partial charge in [-0.2, -0.15) is 0 Å². The zero-order valence-corrected chi connectivity index (χ0v) is 35.6. The summed E-state index contributed by atoms with van der Waals surface area (Å²) in [6.07, 6.45) is 2.04. The summed E-state index contributed by atoms with van der Waals surface area (Å²) >= 11 is 3.67. The van der Waals surface area contributed by atoms with E-state index in [0.717, 1.165) is 50.3 Å². The summed E-state index contributed by atoms with van der Waals surface area (Å²) in [6.45, 7) is 0. The van der Waals surface area contributed by atoms with Crippen LogP contribution in [-0.2, 0) is 0 Å². The second-order valence-corrected chi connectivity index (χ2v) is 18.3. The molecular formula is C56H32N6S2. The van der Waals surface area contributed by atoms with Crippen LogP contribution in [0.3, 0.4) is 0 Å². The molecule has 14 aromatic rings. The lowest BCUT2D eigenvalue weighted by Crippen LogP contribution is -2.06. The Bertz CT molecular complexity index is 4140. The number of para-hydroxylation sites is 2. The molecule has 0 aliphatic heterocycles. The third-order valence-electron chi connectivity index (χ3n) is 12.6. The van der Waals surface area contributed by atoms with Gasteiger partial charge in [0.05, 0.1) is 43.4 Å². The topological polar surface area (TPSA) is 61.4 Å². The van der Waals surface area contributed by atoms with Crippen LogP contribution in [0.1, 0.15) is 0 Å². The molecule has 0 saturated carbocycles. The lowest BCUT2D eigenvalue weighted by atomic mass is 10.1. The van der Waals surface area contributed by atoms with E-state index in [4.69, 9.17) is 19.9 Å². The summed E-state index contributed by atoms with van der Waals surface area (Å²) < 4.78 is 9.73. The number of rotatable bonds is 5. The van der Waals surface area contributed by atoms with E-state index in [-0.39, 0.29) is 0 Å². The maximum Gasteiger partial charge on any atom is 0.166 e. The number of nitrogens with zero attached hydrogens (tertiary/aromatic N) is 6. The van der Waals surface area contributed by atoms with E-state index in [0.29, 0.717) is 17.5 Å². The molecule has 0 bridgehead atoms. The molecular weight excluding hydrogens is 821 g/mol. The molecule has 6 heterocycles. The minimum absolute atomic E-state index is 0.563. The minimum Gasteiger partial charge on any atom is -0.305 e. The Labute approximate surface area is 373 Å². The van der Waals surface area contributed by atoms with Crippen LogP contribution in [0, 0.1) is 0 Å². The van der Waals surface area contributed by atoms with Crippen molar-refractivity contribution in [2.45, 2.75) is 0 Å². The molecule has 0 atom stereocenters. The molecule has 0 amide bonds. The van der Waals surface area contributed by atoms with Crippen LogP contribution in [0.5, 0.6) is 0 Å². The van der Waals surface area contributed by atoms with Gasteiger partial charge < -0.3 is 4.57 Å². The smallest absolute Gasteiger partial charge is 0.166 e. The molecule has 0 fully saturated rings. The van der Waals surface area contributed by atoms with Crippen molar-refractivity contribution in [3.63, 3.8) is 0 Å². The Morgan fingerprint density at radius 1 is 0.359 bits per heavy atom. The molecule has 8 aromatic carbocycles. The zero-order valence-electron chi connectivity index (χ0n) is 34.0. The molecule has 64 heavy (non-hydrogen) atoms. The lowest BCUT2D eigenvalue weighted by Gasteiger charge is -2.17. The molecule has 0 unspecified atom stereocenters. The van der Waals surface area contributed by atoms with E-state index in [1.807, 2.05) is 65.3 Å². The van der Waals surface area contributed by atoms with Crippen LogP contribution in [0.2, 0.25) is 0 Å². The average Bonchev–Trinajstić information content (AvgIpc) is 4.12. The van der Waals surface area contributed by atoms with Crippen molar-refractivity contribution >= 4 is 107 Å². The largest absolute Gasteiger partial charge is 0.305 e. The highest BCUT2D eigenvalue weighted by atomic mass is 32.1.